The van der Waals surface area contributed by atoms with E-state index in [2.05, 4.69) is 15.5 Å². The third-order valence-electron chi connectivity index (χ3n) is 3.87. The smallest absolute Gasteiger partial charge is 0.256 e. The largest absolute Gasteiger partial charge is 0.347 e. The normalized spacial score (nSPS) is 26.3. The number of rotatable bonds is 0. The predicted octanol–water partition coefficient (Wildman–Crippen LogP) is 2.25. The minimum Gasteiger partial charge on any atom is -0.347 e. The third-order valence-corrected chi connectivity index (χ3v) is 4.67. The van der Waals surface area contributed by atoms with E-state index in [1.807, 2.05) is 13.0 Å². The summed E-state index contributed by atoms with van der Waals surface area (Å²) in [4.78, 5) is 14.5. The number of amides is 1. The fourth-order valence-corrected chi connectivity index (χ4v) is 3.24. The summed E-state index contributed by atoms with van der Waals surface area (Å²) in [7, 11) is 0. The molecule has 6 heteroatoms. The number of hydrogen-bond acceptors (Lipinski definition) is 3. The number of hydrogen-bond donors (Lipinski definition) is 2. The lowest BCUT2D eigenvalue weighted by molar-refractivity contribution is 0.0887. The second-order valence-corrected chi connectivity index (χ2v) is 5.92. The van der Waals surface area contributed by atoms with Crippen LogP contribution in [-0.4, -0.2) is 31.2 Å². The van der Waals surface area contributed by atoms with Crippen LogP contribution in [0.4, 0.5) is 5.69 Å². The monoisotopic (exact) mass is 299 g/mol. The number of benzene rings is 1. The van der Waals surface area contributed by atoms with Gasteiger partial charge in [0.2, 0.25) is 0 Å². The summed E-state index contributed by atoms with van der Waals surface area (Å²) in [5.74, 6) is -0.150. The van der Waals surface area contributed by atoms with Crippen LogP contribution in [0.3, 0.4) is 0 Å². The molecule has 0 radical (unpaired) electrons. The predicted molar refractivity (Wildman–Crippen MR) is 77.2 cm³/mol. The van der Waals surface area contributed by atoms with Crippen molar-refractivity contribution in [1.29, 1.82) is 0 Å². The van der Waals surface area contributed by atoms with E-state index in [1.165, 1.54) is 0 Å². The van der Waals surface area contributed by atoms with E-state index in [9.17, 15) is 4.79 Å². The van der Waals surface area contributed by atoms with Gasteiger partial charge in [0.15, 0.2) is 0 Å². The van der Waals surface area contributed by atoms with E-state index in [4.69, 9.17) is 23.2 Å². The van der Waals surface area contributed by atoms with E-state index in [0.717, 1.165) is 31.7 Å². The summed E-state index contributed by atoms with van der Waals surface area (Å²) in [5, 5.41) is 7.15. The van der Waals surface area contributed by atoms with Crippen LogP contribution < -0.4 is 15.5 Å². The van der Waals surface area contributed by atoms with Crippen molar-refractivity contribution < 1.29 is 4.79 Å². The van der Waals surface area contributed by atoms with E-state index < -0.39 is 0 Å². The molecule has 1 saturated heterocycles. The molecule has 0 bridgehead atoms. The van der Waals surface area contributed by atoms with Crippen LogP contribution in [0.5, 0.6) is 0 Å². The molecule has 2 heterocycles. The molecule has 1 fully saturated rings. The lowest BCUT2D eigenvalue weighted by atomic mass is 9.98. The zero-order valence-corrected chi connectivity index (χ0v) is 12.1. The topological polar surface area (TPSA) is 44.4 Å². The van der Waals surface area contributed by atoms with Gasteiger partial charge < -0.3 is 15.5 Å². The second-order valence-electron chi connectivity index (χ2n) is 5.14. The Balaban J connectivity index is 2.17. The Hall–Kier alpha value is -0.970. The van der Waals surface area contributed by atoms with Gasteiger partial charge in [-0.3, -0.25) is 4.79 Å². The average Bonchev–Trinajstić information content (AvgIpc) is 2.54. The van der Waals surface area contributed by atoms with Crippen LogP contribution in [-0.2, 0) is 0 Å². The molecule has 2 aliphatic rings. The Morgan fingerprint density at radius 3 is 2.89 bits per heavy atom. The van der Waals surface area contributed by atoms with Crippen molar-refractivity contribution in [2.45, 2.75) is 19.0 Å². The van der Waals surface area contributed by atoms with E-state index in [1.54, 1.807) is 6.07 Å². The highest BCUT2D eigenvalue weighted by atomic mass is 35.5. The van der Waals surface area contributed by atoms with Gasteiger partial charge in [-0.15, -0.1) is 0 Å². The highest BCUT2D eigenvalue weighted by molar-refractivity contribution is 6.44. The standard InChI is InChI=1S/C13H15Cl2N3O/c1-13-4-5-16-6-7-18(13)9-3-2-8(14)11(15)10(9)12(19)17-13/h2-3,16H,4-7H2,1H3,(H,17,19). The van der Waals surface area contributed by atoms with E-state index in [-0.39, 0.29) is 11.6 Å². The Kier molecular flexibility index (Phi) is 3.12. The third kappa shape index (κ3) is 1.98. The summed E-state index contributed by atoms with van der Waals surface area (Å²) in [5.41, 5.74) is 0.975. The number of nitrogens with zero attached hydrogens (tertiary/aromatic N) is 1. The van der Waals surface area contributed by atoms with Crippen LogP contribution in [0.1, 0.15) is 23.7 Å². The number of fused-ring (bicyclic) bond motifs is 3. The molecule has 0 aliphatic carbocycles. The Bertz CT molecular complexity index is 549. The Morgan fingerprint density at radius 2 is 2.11 bits per heavy atom. The van der Waals surface area contributed by atoms with E-state index >= 15 is 0 Å². The maximum absolute atomic E-state index is 12.3. The summed E-state index contributed by atoms with van der Waals surface area (Å²) in [6.45, 7) is 4.63. The van der Waals surface area contributed by atoms with Crippen molar-refractivity contribution in [3.8, 4) is 0 Å². The molecule has 4 nitrogen and oxygen atoms in total. The van der Waals surface area contributed by atoms with Crippen LogP contribution >= 0.6 is 23.2 Å². The number of halogens is 2. The molecular formula is C13H15Cl2N3O. The fourth-order valence-electron chi connectivity index (χ4n) is 2.83. The van der Waals surface area contributed by atoms with Gasteiger partial charge in [0.25, 0.3) is 5.91 Å². The van der Waals surface area contributed by atoms with Gasteiger partial charge in [-0.05, 0) is 25.6 Å². The molecule has 2 aliphatic heterocycles. The molecular weight excluding hydrogens is 285 g/mol. The second kappa shape index (κ2) is 4.54. The van der Waals surface area contributed by atoms with Crippen LogP contribution in [0.15, 0.2) is 12.1 Å². The zero-order chi connectivity index (χ0) is 13.6. The lowest BCUT2D eigenvalue weighted by Gasteiger charge is -2.46. The van der Waals surface area contributed by atoms with Crippen LogP contribution in [0.25, 0.3) is 0 Å². The average molecular weight is 300 g/mol. The summed E-state index contributed by atoms with van der Waals surface area (Å²) in [6.07, 6.45) is 0.846. The van der Waals surface area contributed by atoms with Gasteiger partial charge in [0, 0.05) is 19.5 Å². The SMILES string of the molecule is CC12CCNCCN1c1ccc(Cl)c(Cl)c1C(=O)N2. The molecule has 1 amide bonds. The Labute approximate surface area is 122 Å². The number of nitrogens with one attached hydrogen (secondary N) is 2. The molecule has 1 aromatic rings. The van der Waals surface area contributed by atoms with Crippen molar-refractivity contribution in [3.63, 3.8) is 0 Å². The molecule has 0 spiro atoms. The summed E-state index contributed by atoms with van der Waals surface area (Å²) < 4.78 is 0. The molecule has 1 aromatic carbocycles. The molecule has 0 saturated carbocycles. The van der Waals surface area contributed by atoms with Crippen molar-refractivity contribution in [1.82, 2.24) is 10.6 Å². The molecule has 2 N–H and O–H groups in total. The number of carbonyl (C=O) groups is 1. The quantitative estimate of drug-likeness (QED) is 0.772. The zero-order valence-electron chi connectivity index (χ0n) is 10.6. The molecule has 3 rings (SSSR count). The van der Waals surface area contributed by atoms with Gasteiger partial charge in [0.05, 0.1) is 21.3 Å². The molecule has 102 valence electrons. The van der Waals surface area contributed by atoms with Crippen LogP contribution in [0, 0.1) is 0 Å². The van der Waals surface area contributed by atoms with E-state index in [0.29, 0.717) is 15.6 Å². The maximum Gasteiger partial charge on any atom is 0.256 e. The first kappa shape index (κ1) is 13.0. The molecule has 1 atom stereocenters. The molecule has 19 heavy (non-hydrogen) atoms. The van der Waals surface area contributed by atoms with Gasteiger partial charge in [0.1, 0.15) is 5.66 Å². The van der Waals surface area contributed by atoms with Crippen molar-refractivity contribution in [2.24, 2.45) is 0 Å². The summed E-state index contributed by atoms with van der Waals surface area (Å²) >= 11 is 12.2. The first-order chi connectivity index (χ1) is 9.03. The van der Waals surface area contributed by atoms with Crippen molar-refractivity contribution in [2.75, 3.05) is 24.5 Å². The minimum absolute atomic E-state index is 0.150. The van der Waals surface area contributed by atoms with Gasteiger partial charge >= 0.3 is 0 Å². The first-order valence-electron chi connectivity index (χ1n) is 6.32. The summed E-state index contributed by atoms with van der Waals surface area (Å²) in [6, 6.07) is 3.63. The van der Waals surface area contributed by atoms with Gasteiger partial charge in [-0.2, -0.15) is 0 Å². The lowest BCUT2D eigenvalue weighted by Crippen LogP contribution is -2.62. The maximum atomic E-state index is 12.3. The van der Waals surface area contributed by atoms with Crippen molar-refractivity contribution in [3.05, 3.63) is 27.7 Å². The van der Waals surface area contributed by atoms with Gasteiger partial charge in [-0.1, -0.05) is 23.2 Å². The Morgan fingerprint density at radius 1 is 1.32 bits per heavy atom. The highest BCUT2D eigenvalue weighted by Crippen LogP contribution is 2.39. The van der Waals surface area contributed by atoms with Gasteiger partial charge in [-0.25, -0.2) is 0 Å². The van der Waals surface area contributed by atoms with Crippen LogP contribution in [0.2, 0.25) is 10.0 Å². The fraction of sp³-hybridized carbons (Fsp3) is 0.462. The number of anilines is 1. The van der Waals surface area contributed by atoms with Crippen molar-refractivity contribution >= 4 is 34.8 Å². The first-order valence-corrected chi connectivity index (χ1v) is 7.07. The highest BCUT2D eigenvalue weighted by Gasteiger charge is 2.41. The minimum atomic E-state index is -0.370. The molecule has 1 unspecified atom stereocenters. The molecule has 0 aromatic heterocycles. The number of carbonyl (C=O) groups excluding carboxylic acids is 1.